The van der Waals surface area contributed by atoms with Gasteiger partial charge in [-0.05, 0) is 36.4 Å². The highest BCUT2D eigenvalue weighted by Crippen LogP contribution is 2.25. The number of thiazole rings is 1. The normalized spacial score (nSPS) is 10.3. The van der Waals surface area contributed by atoms with Crippen molar-refractivity contribution >= 4 is 23.2 Å². The number of nitrogens with zero attached hydrogens (tertiary/aromatic N) is 1. The lowest BCUT2D eigenvalue weighted by Crippen LogP contribution is -2.34. The van der Waals surface area contributed by atoms with Gasteiger partial charge in [0.05, 0.1) is 7.11 Å². The number of amides is 2. The molecule has 0 bridgehead atoms. The molecular weight excluding hydrogens is 362 g/mol. The predicted molar refractivity (Wildman–Crippen MR) is 105 cm³/mol. The molecule has 0 aliphatic rings. The fourth-order valence-electron chi connectivity index (χ4n) is 2.38. The summed E-state index contributed by atoms with van der Waals surface area (Å²) in [5, 5.41) is 8.01. The maximum absolute atomic E-state index is 12.2. The summed E-state index contributed by atoms with van der Waals surface area (Å²) in [5.41, 5.74) is 1.88. The van der Waals surface area contributed by atoms with Crippen LogP contribution < -0.4 is 15.4 Å². The molecule has 1 aromatic heterocycles. The third-order valence-corrected chi connectivity index (χ3v) is 4.70. The van der Waals surface area contributed by atoms with Gasteiger partial charge in [-0.15, -0.1) is 11.3 Å². The molecule has 0 fully saturated rings. The van der Waals surface area contributed by atoms with E-state index in [4.69, 9.17) is 4.74 Å². The molecule has 7 heteroatoms. The van der Waals surface area contributed by atoms with Crippen molar-refractivity contribution in [2.75, 3.05) is 20.2 Å². The van der Waals surface area contributed by atoms with Crippen LogP contribution in [0.15, 0.2) is 60.0 Å². The summed E-state index contributed by atoms with van der Waals surface area (Å²) < 4.78 is 5.14. The molecule has 0 aliphatic heterocycles. The van der Waals surface area contributed by atoms with Gasteiger partial charge in [0.25, 0.3) is 11.8 Å². The van der Waals surface area contributed by atoms with E-state index in [0.717, 1.165) is 16.3 Å². The van der Waals surface area contributed by atoms with E-state index in [-0.39, 0.29) is 11.8 Å². The second-order valence-electron chi connectivity index (χ2n) is 5.64. The minimum atomic E-state index is -0.264. The second kappa shape index (κ2) is 8.95. The average Bonchev–Trinajstić information content (AvgIpc) is 3.22. The molecule has 0 spiro atoms. The molecular formula is C20H19N3O3S. The quantitative estimate of drug-likeness (QED) is 0.617. The lowest BCUT2D eigenvalue weighted by Gasteiger charge is -2.06. The monoisotopic (exact) mass is 381 g/mol. The molecule has 0 aliphatic carbocycles. The van der Waals surface area contributed by atoms with Crippen LogP contribution in [0.3, 0.4) is 0 Å². The molecule has 0 radical (unpaired) electrons. The predicted octanol–water partition coefficient (Wildman–Crippen LogP) is 2.98. The van der Waals surface area contributed by atoms with Crippen molar-refractivity contribution in [3.8, 4) is 16.3 Å². The fourth-order valence-corrected chi connectivity index (χ4v) is 3.18. The molecule has 6 nitrogen and oxygen atoms in total. The second-order valence-corrected chi connectivity index (χ2v) is 6.50. The van der Waals surface area contributed by atoms with Crippen LogP contribution in [0.1, 0.15) is 20.8 Å². The van der Waals surface area contributed by atoms with Crippen molar-refractivity contribution in [1.82, 2.24) is 15.6 Å². The Labute approximate surface area is 161 Å². The smallest absolute Gasteiger partial charge is 0.270 e. The first-order valence-corrected chi connectivity index (χ1v) is 9.27. The molecule has 0 unspecified atom stereocenters. The summed E-state index contributed by atoms with van der Waals surface area (Å²) in [6.45, 7) is 0.668. The Balaban J connectivity index is 1.48. The summed E-state index contributed by atoms with van der Waals surface area (Å²) in [6, 6.07) is 16.5. The van der Waals surface area contributed by atoms with E-state index in [9.17, 15) is 9.59 Å². The van der Waals surface area contributed by atoms with Gasteiger partial charge in [0.2, 0.25) is 0 Å². The first-order chi connectivity index (χ1) is 13.2. The van der Waals surface area contributed by atoms with E-state index in [2.05, 4.69) is 15.6 Å². The molecule has 2 amide bonds. The summed E-state index contributed by atoms with van der Waals surface area (Å²) in [5.74, 6) is 0.339. The van der Waals surface area contributed by atoms with Gasteiger partial charge in [0, 0.05) is 29.6 Å². The highest BCUT2D eigenvalue weighted by molar-refractivity contribution is 7.13. The van der Waals surface area contributed by atoms with Crippen LogP contribution in [0.25, 0.3) is 10.6 Å². The number of carbonyl (C=O) groups excluding carboxylic acids is 2. The van der Waals surface area contributed by atoms with E-state index in [0.29, 0.717) is 24.3 Å². The van der Waals surface area contributed by atoms with Crippen molar-refractivity contribution in [2.24, 2.45) is 0 Å². The van der Waals surface area contributed by atoms with Crippen molar-refractivity contribution in [1.29, 1.82) is 0 Å². The molecule has 27 heavy (non-hydrogen) atoms. The Morgan fingerprint density at radius 3 is 2.30 bits per heavy atom. The van der Waals surface area contributed by atoms with Crippen molar-refractivity contribution in [3.63, 3.8) is 0 Å². The molecule has 3 aromatic rings. The van der Waals surface area contributed by atoms with E-state index in [1.165, 1.54) is 11.3 Å². The van der Waals surface area contributed by atoms with Gasteiger partial charge >= 0.3 is 0 Å². The minimum absolute atomic E-state index is 0.166. The van der Waals surface area contributed by atoms with E-state index < -0.39 is 0 Å². The summed E-state index contributed by atoms with van der Waals surface area (Å²) in [6.07, 6.45) is 0. The lowest BCUT2D eigenvalue weighted by molar-refractivity contribution is 0.0925. The number of hydrogen-bond acceptors (Lipinski definition) is 5. The van der Waals surface area contributed by atoms with Crippen LogP contribution in [0, 0.1) is 0 Å². The number of ether oxygens (including phenoxy) is 1. The third-order valence-electron chi connectivity index (χ3n) is 3.81. The van der Waals surface area contributed by atoms with Gasteiger partial charge in [-0.3, -0.25) is 9.59 Å². The molecule has 0 atom stereocenters. The Hall–Kier alpha value is -3.19. The maximum Gasteiger partial charge on any atom is 0.270 e. The number of methoxy groups -OCH3 is 1. The van der Waals surface area contributed by atoms with Crippen LogP contribution in [0.4, 0.5) is 0 Å². The summed E-state index contributed by atoms with van der Waals surface area (Å²) in [4.78, 5) is 28.5. The zero-order chi connectivity index (χ0) is 19.1. The number of aromatic nitrogens is 1. The molecule has 0 saturated carbocycles. The Kier molecular flexibility index (Phi) is 6.17. The van der Waals surface area contributed by atoms with Gasteiger partial charge < -0.3 is 15.4 Å². The minimum Gasteiger partial charge on any atom is -0.497 e. The van der Waals surface area contributed by atoms with Gasteiger partial charge in [-0.25, -0.2) is 4.98 Å². The molecule has 2 N–H and O–H groups in total. The molecule has 3 rings (SSSR count). The van der Waals surface area contributed by atoms with Crippen LogP contribution in [-0.4, -0.2) is 37.0 Å². The van der Waals surface area contributed by atoms with Gasteiger partial charge in [0.15, 0.2) is 0 Å². The fraction of sp³-hybridized carbons (Fsp3) is 0.150. The number of rotatable bonds is 7. The van der Waals surface area contributed by atoms with Crippen molar-refractivity contribution in [3.05, 3.63) is 71.2 Å². The van der Waals surface area contributed by atoms with Crippen LogP contribution in [-0.2, 0) is 0 Å². The van der Waals surface area contributed by atoms with E-state index >= 15 is 0 Å². The topological polar surface area (TPSA) is 80.3 Å². The maximum atomic E-state index is 12.2. The Bertz CT molecular complexity index is 908. The van der Waals surface area contributed by atoms with E-state index in [1.54, 1.807) is 36.8 Å². The highest BCUT2D eigenvalue weighted by Gasteiger charge is 2.12. The van der Waals surface area contributed by atoms with E-state index in [1.807, 2.05) is 30.3 Å². The molecule has 2 aromatic carbocycles. The Morgan fingerprint density at radius 1 is 0.963 bits per heavy atom. The molecule has 0 saturated heterocycles. The van der Waals surface area contributed by atoms with Gasteiger partial charge in [-0.1, -0.05) is 18.2 Å². The third kappa shape index (κ3) is 4.92. The summed E-state index contributed by atoms with van der Waals surface area (Å²) >= 11 is 1.40. The highest BCUT2D eigenvalue weighted by atomic mass is 32.1. The lowest BCUT2D eigenvalue weighted by atomic mass is 10.2. The molecule has 138 valence electrons. The van der Waals surface area contributed by atoms with Crippen molar-refractivity contribution < 1.29 is 14.3 Å². The van der Waals surface area contributed by atoms with Crippen molar-refractivity contribution in [2.45, 2.75) is 0 Å². The first-order valence-electron chi connectivity index (χ1n) is 8.39. The summed E-state index contributed by atoms with van der Waals surface area (Å²) in [7, 11) is 1.61. The number of carbonyl (C=O) groups is 2. The SMILES string of the molecule is COc1ccc(-c2nc(C(=O)NCCNC(=O)c3ccccc3)cs2)cc1. The van der Waals surface area contributed by atoms with Crippen LogP contribution in [0.2, 0.25) is 0 Å². The zero-order valence-corrected chi connectivity index (χ0v) is 15.6. The first kappa shape index (κ1) is 18.6. The van der Waals surface area contributed by atoms with Crippen LogP contribution in [0.5, 0.6) is 5.75 Å². The average molecular weight is 381 g/mol. The zero-order valence-electron chi connectivity index (χ0n) is 14.8. The number of hydrogen-bond donors (Lipinski definition) is 2. The molecule has 1 heterocycles. The number of benzene rings is 2. The number of nitrogens with one attached hydrogen (secondary N) is 2. The standard InChI is InChI=1S/C20H19N3O3S/c1-26-16-9-7-15(8-10-16)20-23-17(13-27-20)19(25)22-12-11-21-18(24)14-5-3-2-4-6-14/h2-10,13H,11-12H2,1H3,(H,21,24)(H,22,25). The largest absolute Gasteiger partial charge is 0.497 e. The van der Waals surface area contributed by atoms with Gasteiger partial charge in [0.1, 0.15) is 16.5 Å². The van der Waals surface area contributed by atoms with Crippen LogP contribution >= 0.6 is 11.3 Å². The van der Waals surface area contributed by atoms with Gasteiger partial charge in [-0.2, -0.15) is 0 Å². The Morgan fingerprint density at radius 2 is 1.63 bits per heavy atom.